The molecule has 32 heavy (non-hydrogen) atoms. The summed E-state index contributed by atoms with van der Waals surface area (Å²) in [5.41, 5.74) is 0.523. The van der Waals surface area contributed by atoms with E-state index in [0.717, 1.165) is 6.07 Å². The number of methoxy groups -OCH3 is 1. The number of rotatable bonds is 4. The Kier molecular flexibility index (Phi) is 5.25. The summed E-state index contributed by atoms with van der Waals surface area (Å²) in [5, 5.41) is 6.95. The molecule has 1 N–H and O–H groups in total. The molecule has 0 saturated carbocycles. The van der Waals surface area contributed by atoms with Crippen LogP contribution in [-0.2, 0) is 6.18 Å². The molecule has 0 saturated heterocycles. The van der Waals surface area contributed by atoms with E-state index >= 15 is 0 Å². The average Bonchev–Trinajstić information content (AvgIpc) is 3.09. The fraction of sp³-hybridized carbons (Fsp3) is 0.190. The highest BCUT2D eigenvalue weighted by Crippen LogP contribution is 2.36. The molecule has 8 nitrogen and oxygen atoms in total. The van der Waals surface area contributed by atoms with Gasteiger partial charge in [0.05, 0.1) is 24.1 Å². The van der Waals surface area contributed by atoms with Crippen molar-refractivity contribution >= 4 is 17.4 Å². The summed E-state index contributed by atoms with van der Waals surface area (Å²) < 4.78 is 46.8. The van der Waals surface area contributed by atoms with Gasteiger partial charge in [-0.25, -0.2) is 14.5 Å². The second-order valence-corrected chi connectivity index (χ2v) is 6.92. The Bertz CT molecular complexity index is 1330. The van der Waals surface area contributed by atoms with Crippen LogP contribution in [0.5, 0.6) is 6.01 Å². The molecule has 0 aliphatic heterocycles. The van der Waals surface area contributed by atoms with Crippen LogP contribution in [-0.4, -0.2) is 37.6 Å². The van der Waals surface area contributed by atoms with Gasteiger partial charge in [-0.2, -0.15) is 23.3 Å². The molecule has 1 aromatic carbocycles. The number of nitrogens with one attached hydrogen (secondary N) is 1. The molecule has 0 radical (unpaired) electrons. The molecule has 164 valence electrons. The smallest absolute Gasteiger partial charge is 0.417 e. The SMILES string of the molecule is COc1nccc(NC(=O)c2c(C)nc3c(C)cc(-c4ccccc4C(F)(F)F)nn23)n1. The van der Waals surface area contributed by atoms with Gasteiger partial charge < -0.3 is 10.1 Å². The lowest BCUT2D eigenvalue weighted by atomic mass is 10.0. The monoisotopic (exact) mass is 442 g/mol. The first kappa shape index (κ1) is 21.2. The maximum atomic E-state index is 13.5. The number of imidazole rings is 1. The predicted octanol–water partition coefficient (Wildman–Crippen LogP) is 4.08. The van der Waals surface area contributed by atoms with Crippen molar-refractivity contribution < 1.29 is 22.7 Å². The third kappa shape index (κ3) is 3.84. The van der Waals surface area contributed by atoms with Crippen LogP contribution >= 0.6 is 0 Å². The summed E-state index contributed by atoms with van der Waals surface area (Å²) in [5.74, 6) is -0.393. The Morgan fingerprint density at radius 2 is 1.88 bits per heavy atom. The zero-order valence-electron chi connectivity index (χ0n) is 17.2. The Hall–Kier alpha value is -4.02. The van der Waals surface area contributed by atoms with Crippen LogP contribution in [0.15, 0.2) is 42.6 Å². The number of amides is 1. The molecule has 4 aromatic rings. The van der Waals surface area contributed by atoms with Crippen LogP contribution in [0.4, 0.5) is 19.0 Å². The zero-order chi connectivity index (χ0) is 23.0. The van der Waals surface area contributed by atoms with Crippen molar-refractivity contribution in [2.24, 2.45) is 0 Å². The molecule has 0 aliphatic rings. The molecule has 3 aromatic heterocycles. The van der Waals surface area contributed by atoms with E-state index in [-0.39, 0.29) is 28.8 Å². The van der Waals surface area contributed by atoms with Gasteiger partial charge in [-0.3, -0.25) is 4.79 Å². The molecule has 11 heteroatoms. The summed E-state index contributed by atoms with van der Waals surface area (Å²) in [6, 6.07) is 8.21. The van der Waals surface area contributed by atoms with E-state index in [1.54, 1.807) is 13.8 Å². The predicted molar refractivity (Wildman–Crippen MR) is 109 cm³/mol. The lowest BCUT2D eigenvalue weighted by molar-refractivity contribution is -0.137. The molecule has 0 bridgehead atoms. The molecule has 0 aliphatic carbocycles. The van der Waals surface area contributed by atoms with Crippen molar-refractivity contribution in [3.63, 3.8) is 0 Å². The van der Waals surface area contributed by atoms with Crippen LogP contribution in [0.25, 0.3) is 16.9 Å². The minimum atomic E-state index is -4.56. The van der Waals surface area contributed by atoms with Crippen molar-refractivity contribution in [2.75, 3.05) is 12.4 Å². The van der Waals surface area contributed by atoms with Crippen LogP contribution in [0, 0.1) is 13.8 Å². The highest BCUT2D eigenvalue weighted by Gasteiger charge is 2.34. The maximum absolute atomic E-state index is 13.5. The minimum absolute atomic E-state index is 0.0673. The number of nitrogens with zero attached hydrogens (tertiary/aromatic N) is 5. The number of hydrogen-bond acceptors (Lipinski definition) is 6. The van der Waals surface area contributed by atoms with Crippen LogP contribution in [0.3, 0.4) is 0 Å². The fourth-order valence-electron chi connectivity index (χ4n) is 3.31. The molecule has 0 spiro atoms. The summed E-state index contributed by atoms with van der Waals surface area (Å²) in [4.78, 5) is 25.3. The van der Waals surface area contributed by atoms with Gasteiger partial charge in [0.25, 0.3) is 5.91 Å². The fourth-order valence-corrected chi connectivity index (χ4v) is 3.31. The van der Waals surface area contributed by atoms with E-state index in [2.05, 4.69) is 25.4 Å². The zero-order valence-corrected chi connectivity index (χ0v) is 17.2. The van der Waals surface area contributed by atoms with E-state index in [1.807, 2.05) is 0 Å². The van der Waals surface area contributed by atoms with E-state index in [1.165, 1.54) is 48.2 Å². The second kappa shape index (κ2) is 7.91. The normalized spacial score (nSPS) is 11.6. The first-order chi connectivity index (χ1) is 15.2. The van der Waals surface area contributed by atoms with Crippen molar-refractivity contribution in [2.45, 2.75) is 20.0 Å². The van der Waals surface area contributed by atoms with Gasteiger partial charge in [-0.15, -0.1) is 0 Å². The third-order valence-corrected chi connectivity index (χ3v) is 4.72. The van der Waals surface area contributed by atoms with Gasteiger partial charge in [0.2, 0.25) is 0 Å². The summed E-state index contributed by atoms with van der Waals surface area (Å²) in [7, 11) is 1.39. The molecular weight excluding hydrogens is 425 g/mol. The van der Waals surface area contributed by atoms with E-state index < -0.39 is 17.6 Å². The van der Waals surface area contributed by atoms with Crippen LogP contribution < -0.4 is 10.1 Å². The average molecular weight is 442 g/mol. The second-order valence-electron chi connectivity index (χ2n) is 6.92. The van der Waals surface area contributed by atoms with Gasteiger partial charge >= 0.3 is 12.2 Å². The number of carbonyl (C=O) groups is 1. The topological polar surface area (TPSA) is 94.3 Å². The van der Waals surface area contributed by atoms with Crippen molar-refractivity contribution in [3.05, 3.63) is 65.1 Å². The van der Waals surface area contributed by atoms with Crippen molar-refractivity contribution in [1.29, 1.82) is 0 Å². The number of aromatic nitrogens is 5. The highest BCUT2D eigenvalue weighted by atomic mass is 19.4. The lowest BCUT2D eigenvalue weighted by Crippen LogP contribution is -2.18. The number of fused-ring (bicyclic) bond motifs is 1. The highest BCUT2D eigenvalue weighted by molar-refractivity contribution is 6.04. The maximum Gasteiger partial charge on any atom is 0.417 e. The molecule has 3 heterocycles. The van der Waals surface area contributed by atoms with Gasteiger partial charge in [-0.05, 0) is 37.6 Å². The third-order valence-electron chi connectivity index (χ3n) is 4.72. The van der Waals surface area contributed by atoms with E-state index in [9.17, 15) is 18.0 Å². The summed E-state index contributed by atoms with van der Waals surface area (Å²) >= 11 is 0. The van der Waals surface area contributed by atoms with Gasteiger partial charge in [-0.1, -0.05) is 18.2 Å². The van der Waals surface area contributed by atoms with Crippen LogP contribution in [0.2, 0.25) is 0 Å². The number of carbonyl (C=O) groups excluding carboxylic acids is 1. The van der Waals surface area contributed by atoms with E-state index in [0.29, 0.717) is 16.9 Å². The molecule has 0 atom stereocenters. The largest absolute Gasteiger partial charge is 0.467 e. The van der Waals surface area contributed by atoms with Gasteiger partial charge in [0, 0.05) is 11.8 Å². The number of hydrogen-bond donors (Lipinski definition) is 1. The molecule has 0 fully saturated rings. The van der Waals surface area contributed by atoms with Crippen molar-refractivity contribution in [3.8, 4) is 17.3 Å². The standard InChI is InChI=1S/C21H17F3N6O2/c1-11-10-15(13-6-4-5-7-14(13)21(22,23)24)29-30-17(12(2)26-18(11)30)19(31)27-16-8-9-25-20(28-16)32-3/h4-10H,1-3H3,(H,25,27,28,31). The lowest BCUT2D eigenvalue weighted by Gasteiger charge is -2.13. The molecule has 1 amide bonds. The summed E-state index contributed by atoms with van der Waals surface area (Å²) in [6.45, 7) is 3.31. The van der Waals surface area contributed by atoms with Gasteiger partial charge in [0.1, 0.15) is 5.82 Å². The molecule has 4 rings (SSSR count). The first-order valence-corrected chi connectivity index (χ1v) is 9.41. The molecule has 0 unspecified atom stereocenters. The summed E-state index contributed by atoms with van der Waals surface area (Å²) in [6.07, 6.45) is -3.14. The van der Waals surface area contributed by atoms with E-state index in [4.69, 9.17) is 4.74 Å². The van der Waals surface area contributed by atoms with Gasteiger partial charge in [0.15, 0.2) is 11.3 Å². The minimum Gasteiger partial charge on any atom is -0.467 e. The van der Waals surface area contributed by atoms with Crippen LogP contribution in [0.1, 0.15) is 27.3 Å². The number of ether oxygens (including phenoxy) is 1. The number of aryl methyl sites for hydroxylation is 2. The molecular formula is C21H17F3N6O2. The Balaban J connectivity index is 1.83. The van der Waals surface area contributed by atoms with Crippen molar-refractivity contribution in [1.82, 2.24) is 24.6 Å². The quantitative estimate of drug-likeness (QED) is 0.512. The number of benzene rings is 1. The Morgan fingerprint density at radius 1 is 1.12 bits per heavy atom. The Labute approximate surface area is 180 Å². The first-order valence-electron chi connectivity index (χ1n) is 9.41. The number of anilines is 1. The number of halogens is 3. The number of alkyl halides is 3. The Morgan fingerprint density at radius 3 is 2.59 bits per heavy atom.